The van der Waals surface area contributed by atoms with Crippen LogP contribution < -0.4 is 21.7 Å². The van der Waals surface area contributed by atoms with Gasteiger partial charge in [-0.15, -0.1) is 0 Å². The van der Waals surface area contributed by atoms with Gasteiger partial charge in [0.05, 0.1) is 11.8 Å². The number of hydrogen-bond acceptors (Lipinski definition) is 6. The Morgan fingerprint density at radius 1 is 1.21 bits per heavy atom. The molecular weight excluding hydrogens is 541 g/mol. The number of sulfonamides is 1. The molecule has 3 heterocycles. The van der Waals surface area contributed by atoms with Crippen molar-refractivity contribution in [1.82, 2.24) is 14.9 Å². The first-order chi connectivity index (χ1) is 18.7. The molecule has 3 aliphatic heterocycles. The van der Waals surface area contributed by atoms with Crippen LogP contribution in [0.1, 0.15) is 43.2 Å². The predicted octanol–water partition coefficient (Wildman–Crippen LogP) is 2.76. The van der Waals surface area contributed by atoms with Crippen molar-refractivity contribution in [2.24, 2.45) is 5.73 Å². The number of benzene rings is 2. The summed E-state index contributed by atoms with van der Waals surface area (Å²) in [5, 5.41) is 10.3. The summed E-state index contributed by atoms with van der Waals surface area (Å²) in [5.41, 5.74) is 7.78. The Hall–Kier alpha value is -2.08. The molecule has 2 bridgehead atoms. The summed E-state index contributed by atoms with van der Waals surface area (Å²) in [4.78, 5) is 13.6. The molecule has 0 saturated carbocycles. The van der Waals surface area contributed by atoms with Gasteiger partial charge in [0.15, 0.2) is 0 Å². The van der Waals surface area contributed by atoms with Crippen LogP contribution in [0.5, 0.6) is 0 Å². The van der Waals surface area contributed by atoms with Gasteiger partial charge in [-0.05, 0) is 81.4 Å². The maximum atomic E-state index is 15.1. The van der Waals surface area contributed by atoms with Crippen LogP contribution in [0.25, 0.3) is 0 Å². The lowest BCUT2D eigenvalue weighted by molar-refractivity contribution is -0.119. The van der Waals surface area contributed by atoms with Crippen molar-refractivity contribution in [3.63, 3.8) is 0 Å². The van der Waals surface area contributed by atoms with Crippen LogP contribution in [0.2, 0.25) is 5.02 Å². The van der Waals surface area contributed by atoms with E-state index in [4.69, 9.17) is 17.3 Å². The zero-order chi connectivity index (χ0) is 27.6. The Balaban J connectivity index is 1.34. The molecule has 39 heavy (non-hydrogen) atoms. The molecule has 3 saturated heterocycles. The summed E-state index contributed by atoms with van der Waals surface area (Å²) >= 11 is 6.12. The molecule has 2 aromatic carbocycles. The van der Waals surface area contributed by atoms with Gasteiger partial charge in [0.25, 0.3) is 0 Å². The van der Waals surface area contributed by atoms with E-state index in [1.807, 2.05) is 24.3 Å². The largest absolute Gasteiger partial charge is 0.324 e. The van der Waals surface area contributed by atoms with Crippen LogP contribution in [0.3, 0.4) is 0 Å². The van der Waals surface area contributed by atoms with Crippen molar-refractivity contribution in [1.29, 1.82) is 0 Å². The van der Waals surface area contributed by atoms with E-state index in [0.717, 1.165) is 25.1 Å². The molecule has 11 heteroatoms. The number of nitrogens with zero attached hydrogens (tertiary/aromatic N) is 1. The fraction of sp³-hybridized carbons (Fsp3) is 0.536. The molecule has 212 valence electrons. The second-order valence-corrected chi connectivity index (χ2v) is 13.4. The highest BCUT2D eigenvalue weighted by Gasteiger charge is 2.43. The van der Waals surface area contributed by atoms with Crippen molar-refractivity contribution in [2.75, 3.05) is 37.2 Å². The molecule has 4 atom stereocenters. The van der Waals surface area contributed by atoms with Gasteiger partial charge >= 0.3 is 0 Å². The minimum atomic E-state index is -3.34. The van der Waals surface area contributed by atoms with Gasteiger partial charge < -0.3 is 21.7 Å². The van der Waals surface area contributed by atoms with Crippen LogP contribution in [0.4, 0.5) is 10.1 Å². The number of piperazine rings is 1. The van der Waals surface area contributed by atoms with Crippen molar-refractivity contribution < 1.29 is 17.6 Å². The molecular formula is C28H37ClFN5O3S. The predicted molar refractivity (Wildman–Crippen MR) is 152 cm³/mol. The lowest BCUT2D eigenvalue weighted by Crippen LogP contribution is -2.57. The summed E-state index contributed by atoms with van der Waals surface area (Å²) in [5.74, 6) is -0.669. The van der Waals surface area contributed by atoms with E-state index in [2.05, 4.69) is 16.0 Å². The first-order valence-electron chi connectivity index (χ1n) is 13.7. The van der Waals surface area contributed by atoms with Gasteiger partial charge in [0, 0.05) is 46.9 Å². The van der Waals surface area contributed by atoms with E-state index in [0.29, 0.717) is 55.0 Å². The summed E-state index contributed by atoms with van der Waals surface area (Å²) in [6.45, 7) is 2.43. The zero-order valence-electron chi connectivity index (χ0n) is 22.0. The van der Waals surface area contributed by atoms with Gasteiger partial charge in [-0.3, -0.25) is 4.79 Å². The third-order valence-electron chi connectivity index (χ3n) is 8.66. The second-order valence-electron chi connectivity index (χ2n) is 11.0. The van der Waals surface area contributed by atoms with E-state index in [9.17, 15) is 13.2 Å². The van der Waals surface area contributed by atoms with Gasteiger partial charge in [0.2, 0.25) is 15.9 Å². The number of halogens is 2. The van der Waals surface area contributed by atoms with E-state index >= 15 is 4.39 Å². The van der Waals surface area contributed by atoms with Gasteiger partial charge in [-0.25, -0.2) is 12.8 Å². The highest BCUT2D eigenvalue weighted by atomic mass is 35.5. The summed E-state index contributed by atoms with van der Waals surface area (Å²) in [6.07, 6.45) is 3.56. The van der Waals surface area contributed by atoms with Crippen molar-refractivity contribution in [3.8, 4) is 0 Å². The van der Waals surface area contributed by atoms with Gasteiger partial charge in [-0.2, -0.15) is 4.31 Å². The molecule has 5 N–H and O–H groups in total. The highest BCUT2D eigenvalue weighted by molar-refractivity contribution is 7.89. The normalized spacial score (nSPS) is 26.8. The Bertz CT molecular complexity index is 1290. The van der Waals surface area contributed by atoms with Crippen LogP contribution in [0, 0.1) is 5.82 Å². The minimum absolute atomic E-state index is 0.144. The van der Waals surface area contributed by atoms with Crippen molar-refractivity contribution in [3.05, 3.63) is 64.4 Å². The molecule has 0 spiro atoms. The number of hydrogen-bond donors (Lipinski definition) is 4. The average molecular weight is 578 g/mol. The average Bonchev–Trinajstić information content (AvgIpc) is 3.04. The maximum absolute atomic E-state index is 15.1. The van der Waals surface area contributed by atoms with Gasteiger partial charge in [-0.1, -0.05) is 29.8 Å². The fourth-order valence-corrected chi connectivity index (χ4v) is 8.31. The number of rotatable bonds is 7. The fourth-order valence-electron chi connectivity index (χ4n) is 6.38. The van der Waals surface area contributed by atoms with Crippen molar-refractivity contribution >= 4 is 33.2 Å². The van der Waals surface area contributed by atoms with Crippen LogP contribution in [-0.4, -0.2) is 68.7 Å². The molecule has 8 nitrogen and oxygen atoms in total. The van der Waals surface area contributed by atoms with E-state index in [1.165, 1.54) is 6.07 Å². The lowest BCUT2D eigenvalue weighted by Gasteiger charge is -2.42. The van der Waals surface area contributed by atoms with E-state index < -0.39 is 27.3 Å². The maximum Gasteiger partial charge on any atom is 0.242 e. The number of anilines is 1. The molecule has 3 aliphatic rings. The first kappa shape index (κ1) is 28.4. The van der Waals surface area contributed by atoms with Crippen LogP contribution in [0.15, 0.2) is 42.5 Å². The molecule has 3 fully saturated rings. The Morgan fingerprint density at radius 3 is 2.69 bits per heavy atom. The number of nitrogens with one attached hydrogen (secondary N) is 3. The second kappa shape index (κ2) is 11.8. The number of carbonyl (C=O) groups is 1. The smallest absolute Gasteiger partial charge is 0.242 e. The van der Waals surface area contributed by atoms with Crippen LogP contribution >= 0.6 is 11.6 Å². The van der Waals surface area contributed by atoms with Crippen LogP contribution in [-0.2, 0) is 26.7 Å². The lowest BCUT2D eigenvalue weighted by atomic mass is 9.68. The monoisotopic (exact) mass is 577 g/mol. The molecule has 0 radical (unpaired) electrons. The minimum Gasteiger partial charge on any atom is -0.324 e. The van der Waals surface area contributed by atoms with Crippen molar-refractivity contribution in [2.45, 2.75) is 62.1 Å². The summed E-state index contributed by atoms with van der Waals surface area (Å²) in [6, 6.07) is 11.1. The molecule has 2 aromatic rings. The standard InChI is InChI=1S/C28H37ClFN5O3S/c29-20-8-6-19(7-9-20)28(12-14-32-15-13-28)26(31)27(36)34-25-5-1-4-24(30)23(25)11-10-22-17-33-21-3-2-16-39(37,38)35(22)18-21/h1,4-9,21-22,26,32-33H,2-3,10-18,31H2,(H,34,36)/t21-,22+,26?/m1/s1. The Morgan fingerprint density at radius 2 is 1.95 bits per heavy atom. The quantitative estimate of drug-likeness (QED) is 0.402. The molecule has 1 amide bonds. The molecule has 2 unspecified atom stereocenters. The van der Waals surface area contributed by atoms with Gasteiger partial charge in [0.1, 0.15) is 5.82 Å². The number of nitrogens with two attached hydrogens (primary N) is 1. The molecule has 5 rings (SSSR count). The number of piperidine rings is 1. The first-order valence-corrected chi connectivity index (χ1v) is 15.7. The number of fused-ring (bicyclic) bond motifs is 2. The third-order valence-corrected chi connectivity index (χ3v) is 10.9. The highest BCUT2D eigenvalue weighted by Crippen LogP contribution is 2.37. The van der Waals surface area contributed by atoms with E-state index in [-0.39, 0.29) is 30.2 Å². The third kappa shape index (κ3) is 6.01. The number of amides is 1. The number of carbonyl (C=O) groups excluding carboxylic acids is 1. The summed E-state index contributed by atoms with van der Waals surface area (Å²) in [7, 11) is -3.34. The Labute approximate surface area is 234 Å². The van der Waals surface area contributed by atoms with E-state index in [1.54, 1.807) is 16.4 Å². The topological polar surface area (TPSA) is 117 Å². The SMILES string of the molecule is NC(C(=O)Nc1cccc(F)c1CC[C@H]1CN[C@@H]2CCCS(=O)(=O)N1C2)C1(c2ccc(Cl)cc2)CCNCC1. The Kier molecular flexibility index (Phi) is 8.61. The zero-order valence-corrected chi connectivity index (χ0v) is 23.5. The molecule has 0 aromatic heterocycles. The molecule has 0 aliphatic carbocycles. The summed E-state index contributed by atoms with van der Waals surface area (Å²) < 4.78 is 42.4.